The molecule has 5 heteroatoms. The zero-order chi connectivity index (χ0) is 21.0. The van der Waals surface area contributed by atoms with Crippen molar-refractivity contribution in [2.24, 2.45) is 5.92 Å². The Balaban J connectivity index is 1.80. The molecule has 1 aliphatic heterocycles. The monoisotopic (exact) mass is 406 g/mol. The van der Waals surface area contributed by atoms with Crippen molar-refractivity contribution in [2.75, 3.05) is 13.2 Å². The molecule has 2 atom stereocenters. The molecule has 0 aromatic carbocycles. The molecule has 0 radical (unpaired) electrons. The summed E-state index contributed by atoms with van der Waals surface area (Å²) in [5.74, 6) is -1.03. The highest BCUT2D eigenvalue weighted by atomic mass is 16.7. The minimum Gasteiger partial charge on any atom is -0.453 e. The van der Waals surface area contributed by atoms with Crippen LogP contribution in [-0.4, -0.2) is 36.9 Å². The van der Waals surface area contributed by atoms with E-state index in [9.17, 15) is 9.59 Å². The second-order valence-corrected chi connectivity index (χ2v) is 8.11. The van der Waals surface area contributed by atoms with Crippen LogP contribution >= 0.6 is 0 Å². The van der Waals surface area contributed by atoms with E-state index in [2.05, 4.69) is 6.92 Å². The molecule has 164 valence electrons. The lowest BCUT2D eigenvalue weighted by molar-refractivity contribution is -0.172. The van der Waals surface area contributed by atoms with Crippen LogP contribution < -0.4 is 0 Å². The minimum absolute atomic E-state index is 0.0910. The van der Waals surface area contributed by atoms with Gasteiger partial charge in [0, 0.05) is 25.2 Å². The number of ketones is 1. The van der Waals surface area contributed by atoms with E-state index in [0.717, 1.165) is 32.1 Å². The highest BCUT2D eigenvalue weighted by Gasteiger charge is 2.39. The molecule has 1 fully saturated rings. The molecule has 0 amide bonds. The van der Waals surface area contributed by atoms with Gasteiger partial charge in [0.15, 0.2) is 17.7 Å². The fourth-order valence-electron chi connectivity index (χ4n) is 4.04. The maximum absolute atomic E-state index is 12.2. The number of unbranched alkanes of at least 4 members (excludes halogenated alkanes) is 5. The van der Waals surface area contributed by atoms with Gasteiger partial charge < -0.3 is 14.2 Å². The lowest BCUT2D eigenvalue weighted by Gasteiger charge is -2.29. The van der Waals surface area contributed by atoms with Crippen LogP contribution in [-0.2, 0) is 23.8 Å². The van der Waals surface area contributed by atoms with E-state index in [1.807, 2.05) is 25.2 Å². The largest absolute Gasteiger partial charge is 0.453 e. The maximum atomic E-state index is 12.2. The van der Waals surface area contributed by atoms with Crippen LogP contribution in [0.1, 0.15) is 84.5 Å². The second-order valence-electron chi connectivity index (χ2n) is 8.11. The number of carbonyl (C=O) groups is 2. The summed E-state index contributed by atoms with van der Waals surface area (Å²) in [4.78, 5) is 24.3. The van der Waals surface area contributed by atoms with Crippen LogP contribution in [0.4, 0.5) is 0 Å². The molecule has 1 aliphatic carbocycles. The maximum Gasteiger partial charge on any atom is 0.306 e. The Hall–Kier alpha value is -1.46. The van der Waals surface area contributed by atoms with E-state index in [1.165, 1.54) is 25.7 Å². The zero-order valence-electron chi connectivity index (χ0n) is 18.2. The molecule has 0 N–H and O–H groups in total. The van der Waals surface area contributed by atoms with Crippen LogP contribution in [0.2, 0.25) is 0 Å². The molecule has 0 saturated carbocycles. The lowest BCUT2D eigenvalue weighted by atomic mass is 9.93. The van der Waals surface area contributed by atoms with Crippen molar-refractivity contribution in [3.8, 4) is 0 Å². The van der Waals surface area contributed by atoms with Crippen LogP contribution in [0.3, 0.4) is 0 Å². The SMILES string of the molecule is CC=CCCCC(=O)O[C@H]1C(=O)C=C[C@@H]1CCC1(CCCCCCC)OCCO1. The van der Waals surface area contributed by atoms with Gasteiger partial charge in [-0.1, -0.05) is 50.8 Å². The Labute approximate surface area is 175 Å². The fourth-order valence-corrected chi connectivity index (χ4v) is 4.04. The van der Waals surface area contributed by atoms with Gasteiger partial charge in [-0.25, -0.2) is 0 Å². The first-order valence-corrected chi connectivity index (χ1v) is 11.4. The first-order valence-electron chi connectivity index (χ1n) is 11.4. The molecule has 0 spiro atoms. The van der Waals surface area contributed by atoms with Gasteiger partial charge in [0.1, 0.15) is 0 Å². The zero-order valence-corrected chi connectivity index (χ0v) is 18.2. The molecular weight excluding hydrogens is 368 g/mol. The van der Waals surface area contributed by atoms with Gasteiger partial charge in [0.25, 0.3) is 0 Å². The summed E-state index contributed by atoms with van der Waals surface area (Å²) in [5.41, 5.74) is 0. The van der Waals surface area contributed by atoms with E-state index < -0.39 is 11.9 Å². The number of allylic oxidation sites excluding steroid dienone is 2. The van der Waals surface area contributed by atoms with Crippen molar-refractivity contribution in [3.05, 3.63) is 24.3 Å². The highest BCUT2D eigenvalue weighted by molar-refractivity contribution is 5.97. The molecule has 0 aromatic rings. The normalized spacial score (nSPS) is 23.3. The van der Waals surface area contributed by atoms with Gasteiger partial charge in [-0.05, 0) is 38.7 Å². The number of esters is 1. The van der Waals surface area contributed by atoms with Gasteiger partial charge in [0.2, 0.25) is 0 Å². The third-order valence-corrected chi connectivity index (χ3v) is 5.76. The Morgan fingerprint density at radius 2 is 1.93 bits per heavy atom. The Bertz CT molecular complexity index is 560. The average molecular weight is 407 g/mol. The topological polar surface area (TPSA) is 61.8 Å². The van der Waals surface area contributed by atoms with Crippen molar-refractivity contribution in [1.82, 2.24) is 0 Å². The van der Waals surface area contributed by atoms with Crippen molar-refractivity contribution in [3.63, 3.8) is 0 Å². The van der Waals surface area contributed by atoms with Crippen LogP contribution in [0.5, 0.6) is 0 Å². The predicted molar refractivity (Wildman–Crippen MR) is 113 cm³/mol. The Kier molecular flexibility index (Phi) is 10.6. The van der Waals surface area contributed by atoms with E-state index in [-0.39, 0.29) is 17.7 Å². The molecule has 0 bridgehead atoms. The average Bonchev–Trinajstić information content (AvgIpc) is 3.31. The summed E-state index contributed by atoms with van der Waals surface area (Å²) in [6.45, 7) is 5.42. The predicted octanol–water partition coefficient (Wildman–Crippen LogP) is 5.28. The van der Waals surface area contributed by atoms with Gasteiger partial charge in [-0.15, -0.1) is 0 Å². The van der Waals surface area contributed by atoms with Crippen molar-refractivity contribution in [1.29, 1.82) is 0 Å². The molecule has 1 saturated heterocycles. The molecule has 1 heterocycles. The molecule has 29 heavy (non-hydrogen) atoms. The quantitative estimate of drug-likeness (QED) is 0.223. The van der Waals surface area contributed by atoms with E-state index in [0.29, 0.717) is 26.1 Å². The van der Waals surface area contributed by atoms with Gasteiger partial charge in [0.05, 0.1) is 13.2 Å². The molecule has 0 aromatic heterocycles. The Morgan fingerprint density at radius 1 is 1.17 bits per heavy atom. The van der Waals surface area contributed by atoms with Gasteiger partial charge in [-0.3, -0.25) is 9.59 Å². The molecule has 0 unspecified atom stereocenters. The van der Waals surface area contributed by atoms with Gasteiger partial charge >= 0.3 is 5.97 Å². The Morgan fingerprint density at radius 3 is 2.66 bits per heavy atom. The van der Waals surface area contributed by atoms with E-state index in [4.69, 9.17) is 14.2 Å². The number of hydrogen-bond acceptors (Lipinski definition) is 5. The summed E-state index contributed by atoms with van der Waals surface area (Å²) in [6, 6.07) is 0. The number of carbonyl (C=O) groups excluding carboxylic acids is 2. The van der Waals surface area contributed by atoms with E-state index in [1.54, 1.807) is 6.08 Å². The van der Waals surface area contributed by atoms with Crippen molar-refractivity contribution < 1.29 is 23.8 Å². The third kappa shape index (κ3) is 8.06. The van der Waals surface area contributed by atoms with Crippen LogP contribution in [0, 0.1) is 5.92 Å². The summed E-state index contributed by atoms with van der Waals surface area (Å²) in [5, 5.41) is 0. The number of hydrogen-bond donors (Lipinski definition) is 0. The summed E-state index contributed by atoms with van der Waals surface area (Å²) < 4.78 is 17.5. The van der Waals surface area contributed by atoms with Crippen molar-refractivity contribution >= 4 is 11.8 Å². The molecular formula is C24H38O5. The third-order valence-electron chi connectivity index (χ3n) is 5.76. The summed E-state index contributed by atoms with van der Waals surface area (Å²) in [7, 11) is 0. The van der Waals surface area contributed by atoms with Crippen molar-refractivity contribution in [2.45, 2.75) is 96.4 Å². The first-order chi connectivity index (χ1) is 14.1. The molecule has 2 rings (SSSR count). The van der Waals surface area contributed by atoms with E-state index >= 15 is 0 Å². The number of rotatable bonds is 14. The fraction of sp³-hybridized carbons (Fsp3) is 0.750. The van der Waals surface area contributed by atoms with Gasteiger partial charge in [-0.2, -0.15) is 0 Å². The summed E-state index contributed by atoms with van der Waals surface area (Å²) in [6.07, 6.45) is 17.0. The number of ether oxygens (including phenoxy) is 3. The molecule has 5 nitrogen and oxygen atoms in total. The lowest BCUT2D eigenvalue weighted by Crippen LogP contribution is -2.34. The summed E-state index contributed by atoms with van der Waals surface area (Å²) >= 11 is 0. The van der Waals surface area contributed by atoms with Crippen LogP contribution in [0.25, 0.3) is 0 Å². The first kappa shape index (κ1) is 23.8. The highest BCUT2D eigenvalue weighted by Crippen LogP contribution is 2.35. The standard InChI is InChI=1S/C24H38O5/c1-3-5-7-9-11-16-24(27-18-19-28-24)17-15-20-13-14-21(25)23(20)29-22(26)12-10-8-6-4-2/h4,6,13-14,20,23H,3,5,7-12,15-19H2,1-2H3/t20-,23-/m1/s1. The van der Waals surface area contributed by atoms with Crippen LogP contribution in [0.15, 0.2) is 24.3 Å². The smallest absolute Gasteiger partial charge is 0.306 e. The second kappa shape index (κ2) is 13.0. The minimum atomic E-state index is -0.688. The molecule has 2 aliphatic rings.